The molecule has 4 unspecified atom stereocenters. The molecule has 0 saturated carbocycles. The second-order valence-electron chi connectivity index (χ2n) is 3.09. The predicted octanol–water partition coefficient (Wildman–Crippen LogP) is -12.2. The van der Waals surface area contributed by atoms with Crippen LogP contribution in [-0.2, 0) is 19.2 Å². The van der Waals surface area contributed by atoms with Crippen molar-refractivity contribution in [2.24, 2.45) is 0 Å². The number of carboxylic acid groups (broad SMARTS) is 4. The summed E-state index contributed by atoms with van der Waals surface area (Å²) in [6.45, 7) is 0. The summed E-state index contributed by atoms with van der Waals surface area (Å²) in [7, 11) is 0. The van der Waals surface area contributed by atoms with Gasteiger partial charge in [-0.25, -0.2) is 9.59 Å². The van der Waals surface area contributed by atoms with Gasteiger partial charge in [-0.05, 0) is 0 Å². The first-order chi connectivity index (χ1) is 8.93. The maximum atomic E-state index is 9.77. The van der Waals surface area contributed by atoms with Crippen molar-refractivity contribution in [3.05, 3.63) is 0 Å². The standard InChI is InChI=1S/2C4H6O6.Ca.6H2O/c2*5-1(3(7)8)2(6)4(9)10;;;;;;;/h2*1-2,5-6H,(H,7,8)(H,9,10);;6*1H2/q;;+2;;;;;;/p-2. The number of carboxylic acids is 4. The zero-order valence-corrected chi connectivity index (χ0v) is 15.4. The second kappa shape index (κ2) is 27.0. The molecule has 27 heavy (non-hydrogen) atoms. The van der Waals surface area contributed by atoms with E-state index in [4.69, 9.17) is 30.6 Å². The fraction of sp³-hybridized carbons (Fsp3) is 0.500. The van der Waals surface area contributed by atoms with Crippen LogP contribution in [0.3, 0.4) is 0 Å². The molecule has 18 nitrogen and oxygen atoms in total. The molecule has 0 saturated heterocycles. The van der Waals surface area contributed by atoms with Crippen molar-refractivity contribution in [3.8, 4) is 0 Å². The van der Waals surface area contributed by atoms with E-state index in [0.29, 0.717) is 0 Å². The van der Waals surface area contributed by atoms with Crippen LogP contribution in [0, 0.1) is 0 Å². The number of hydrogen-bond donors (Lipinski definition) is 6. The topological polar surface area (TPSA) is 425 Å². The van der Waals surface area contributed by atoms with Crippen LogP contribution in [-0.4, -0.2) is 150 Å². The van der Waals surface area contributed by atoms with Crippen molar-refractivity contribution in [2.45, 2.75) is 24.4 Å². The van der Waals surface area contributed by atoms with Crippen molar-refractivity contribution >= 4 is 61.6 Å². The van der Waals surface area contributed by atoms with Crippen LogP contribution in [0.4, 0.5) is 0 Å². The molecule has 0 spiro atoms. The monoisotopic (exact) mass is 446 g/mol. The summed E-state index contributed by atoms with van der Waals surface area (Å²) >= 11 is 0. The SMILES string of the molecule is O.O.O.O.O.O.O=C(O)C(O)C(O)C(=O)O.O=C([O-])C(O)C(O)C(=O)[O-].[Ca+2]. The molecular weight excluding hydrogens is 424 g/mol. The van der Waals surface area contributed by atoms with Gasteiger partial charge >= 0.3 is 49.7 Å². The van der Waals surface area contributed by atoms with Gasteiger partial charge in [0.15, 0.2) is 12.2 Å². The van der Waals surface area contributed by atoms with Crippen LogP contribution in [0.2, 0.25) is 0 Å². The summed E-state index contributed by atoms with van der Waals surface area (Å²) in [5, 5.41) is 68.3. The van der Waals surface area contributed by atoms with Gasteiger partial charge in [0.05, 0.1) is 11.9 Å². The molecule has 0 bridgehead atoms. The number of carbonyl (C=O) groups is 4. The number of aliphatic hydroxyl groups excluding tert-OH is 4. The summed E-state index contributed by atoms with van der Waals surface area (Å²) in [5.41, 5.74) is 0. The summed E-state index contributed by atoms with van der Waals surface area (Å²) in [6, 6.07) is 0. The quantitative estimate of drug-likeness (QED) is 0.207. The molecule has 0 aromatic heterocycles. The molecule has 0 heterocycles. The maximum absolute atomic E-state index is 9.77. The van der Waals surface area contributed by atoms with E-state index in [-0.39, 0.29) is 70.6 Å². The average molecular weight is 446 g/mol. The number of hydrogen-bond acceptors (Lipinski definition) is 10. The van der Waals surface area contributed by atoms with Gasteiger partial charge in [-0.2, -0.15) is 0 Å². The van der Waals surface area contributed by atoms with Gasteiger partial charge in [0.2, 0.25) is 0 Å². The Balaban J connectivity index is -0.0000000272. The van der Waals surface area contributed by atoms with Gasteiger partial charge in [-0.3, -0.25) is 0 Å². The molecule has 4 atom stereocenters. The Morgan fingerprint density at radius 3 is 0.741 bits per heavy atom. The first-order valence-electron chi connectivity index (χ1n) is 4.53. The van der Waals surface area contributed by atoms with Gasteiger partial charge in [0, 0.05) is 0 Å². The zero-order valence-electron chi connectivity index (χ0n) is 13.1. The van der Waals surface area contributed by atoms with Crippen LogP contribution >= 0.6 is 0 Å². The summed E-state index contributed by atoms with van der Waals surface area (Å²) in [6.07, 6.45) is -9.41. The second-order valence-corrected chi connectivity index (χ2v) is 3.09. The molecular formula is C8H22CaO18. The molecule has 0 aliphatic heterocycles. The molecule has 0 rings (SSSR count). The van der Waals surface area contributed by atoms with E-state index in [0.717, 1.165) is 0 Å². The molecule has 19 heteroatoms. The van der Waals surface area contributed by atoms with Crippen LogP contribution in [0.15, 0.2) is 0 Å². The van der Waals surface area contributed by atoms with E-state index < -0.39 is 48.3 Å². The van der Waals surface area contributed by atoms with Crippen molar-refractivity contribution in [1.29, 1.82) is 0 Å². The summed E-state index contributed by atoms with van der Waals surface area (Å²) in [5.74, 6) is -7.65. The molecule has 0 aromatic carbocycles. The van der Waals surface area contributed by atoms with Crippen molar-refractivity contribution in [2.75, 3.05) is 0 Å². The number of aliphatic hydroxyl groups is 4. The smallest absolute Gasteiger partial charge is 0.547 e. The Hall–Kier alpha value is -1.26. The Morgan fingerprint density at radius 2 is 0.667 bits per heavy atom. The van der Waals surface area contributed by atoms with Crippen LogP contribution in [0.1, 0.15) is 0 Å². The van der Waals surface area contributed by atoms with Gasteiger partial charge in [0.25, 0.3) is 0 Å². The Kier molecular flexibility index (Phi) is 56.1. The van der Waals surface area contributed by atoms with Crippen molar-refractivity contribution in [1.82, 2.24) is 0 Å². The van der Waals surface area contributed by atoms with E-state index in [1.807, 2.05) is 0 Å². The normalized spacial score (nSPS) is 11.7. The Bertz CT molecular complexity index is 314. The summed E-state index contributed by atoms with van der Waals surface area (Å²) < 4.78 is 0. The van der Waals surface area contributed by atoms with E-state index in [1.54, 1.807) is 0 Å². The molecule has 0 aliphatic carbocycles. The van der Waals surface area contributed by atoms with E-state index >= 15 is 0 Å². The minimum Gasteiger partial charge on any atom is -0.547 e. The zero-order chi connectivity index (χ0) is 16.6. The van der Waals surface area contributed by atoms with Crippen molar-refractivity contribution < 1.29 is 92.9 Å². The van der Waals surface area contributed by atoms with Crippen LogP contribution < -0.4 is 10.2 Å². The first kappa shape index (κ1) is 56.2. The van der Waals surface area contributed by atoms with Crippen molar-refractivity contribution in [3.63, 3.8) is 0 Å². The number of aliphatic carboxylic acids is 4. The molecule has 0 amide bonds. The van der Waals surface area contributed by atoms with E-state index in [2.05, 4.69) is 0 Å². The van der Waals surface area contributed by atoms with Gasteiger partial charge < -0.3 is 83.3 Å². The van der Waals surface area contributed by atoms with Gasteiger partial charge in [-0.15, -0.1) is 0 Å². The Labute approximate surface area is 178 Å². The first-order valence-corrected chi connectivity index (χ1v) is 4.53. The number of carbonyl (C=O) groups excluding carboxylic acids is 2. The van der Waals surface area contributed by atoms with E-state index in [9.17, 15) is 29.4 Å². The average Bonchev–Trinajstić information content (AvgIpc) is 2.35. The third-order valence-electron chi connectivity index (χ3n) is 1.59. The molecule has 0 radical (unpaired) electrons. The van der Waals surface area contributed by atoms with Crippen LogP contribution in [0.25, 0.3) is 0 Å². The van der Waals surface area contributed by atoms with Gasteiger partial charge in [0.1, 0.15) is 12.2 Å². The minimum absolute atomic E-state index is 0. The Morgan fingerprint density at radius 1 is 0.519 bits per heavy atom. The third-order valence-corrected chi connectivity index (χ3v) is 1.59. The third kappa shape index (κ3) is 24.7. The molecule has 0 aromatic rings. The fourth-order valence-electron chi connectivity index (χ4n) is 0.528. The van der Waals surface area contributed by atoms with E-state index in [1.165, 1.54) is 0 Å². The van der Waals surface area contributed by atoms with Gasteiger partial charge in [-0.1, -0.05) is 0 Å². The molecule has 0 fully saturated rings. The molecule has 164 valence electrons. The minimum atomic E-state index is -2.44. The molecule has 0 aliphatic rings. The fourth-order valence-corrected chi connectivity index (χ4v) is 0.528. The molecule has 18 N–H and O–H groups in total. The number of rotatable bonds is 6. The largest absolute Gasteiger partial charge is 2.00 e. The maximum Gasteiger partial charge on any atom is 2.00 e. The van der Waals surface area contributed by atoms with Crippen LogP contribution in [0.5, 0.6) is 0 Å². The predicted molar refractivity (Wildman–Crippen MR) is 76.7 cm³/mol. The summed E-state index contributed by atoms with van der Waals surface area (Å²) in [4.78, 5) is 38.8.